The summed E-state index contributed by atoms with van der Waals surface area (Å²) in [4.78, 5) is 0. The van der Waals surface area contributed by atoms with Crippen molar-refractivity contribution in [2.75, 3.05) is 6.54 Å². The van der Waals surface area contributed by atoms with Gasteiger partial charge in [-0.15, -0.1) is 0 Å². The first-order valence-electron chi connectivity index (χ1n) is 7.53. The molecule has 1 aromatic rings. The summed E-state index contributed by atoms with van der Waals surface area (Å²) in [6, 6.07) is 9.24. The number of hydrogen-bond donors (Lipinski definition) is 1. The molecule has 3 unspecified atom stereocenters. The van der Waals surface area contributed by atoms with Gasteiger partial charge in [0, 0.05) is 6.04 Å². The van der Waals surface area contributed by atoms with Crippen LogP contribution in [0.15, 0.2) is 24.3 Å². The third kappa shape index (κ3) is 2.33. The second-order valence-corrected chi connectivity index (χ2v) is 6.42. The zero-order valence-electron chi connectivity index (χ0n) is 11.7. The molecule has 1 aromatic carbocycles. The number of aryl methyl sites for hydroxylation is 1. The van der Waals surface area contributed by atoms with E-state index in [9.17, 15) is 0 Å². The normalized spacial score (nSPS) is 31.8. The van der Waals surface area contributed by atoms with E-state index in [2.05, 4.69) is 43.4 Å². The van der Waals surface area contributed by atoms with Gasteiger partial charge in [-0.2, -0.15) is 0 Å². The van der Waals surface area contributed by atoms with E-state index >= 15 is 0 Å². The smallest absolute Gasteiger partial charge is 0.0294 e. The summed E-state index contributed by atoms with van der Waals surface area (Å²) < 4.78 is 0. The Morgan fingerprint density at radius 2 is 2.06 bits per heavy atom. The van der Waals surface area contributed by atoms with Gasteiger partial charge in [0.1, 0.15) is 0 Å². The van der Waals surface area contributed by atoms with Crippen LogP contribution >= 0.6 is 0 Å². The number of hydrogen-bond acceptors (Lipinski definition) is 1. The first-order chi connectivity index (χ1) is 8.74. The maximum atomic E-state index is 3.77. The van der Waals surface area contributed by atoms with Crippen molar-refractivity contribution in [1.29, 1.82) is 0 Å². The van der Waals surface area contributed by atoms with Crippen molar-refractivity contribution < 1.29 is 0 Å². The Balaban J connectivity index is 1.56. The van der Waals surface area contributed by atoms with E-state index in [0.29, 0.717) is 6.04 Å². The van der Waals surface area contributed by atoms with Crippen molar-refractivity contribution in [3.8, 4) is 0 Å². The van der Waals surface area contributed by atoms with E-state index in [1.807, 2.05) is 0 Å². The lowest BCUT2D eigenvalue weighted by Crippen LogP contribution is -2.29. The van der Waals surface area contributed by atoms with Crippen LogP contribution in [0.1, 0.15) is 49.8 Å². The molecule has 2 fully saturated rings. The van der Waals surface area contributed by atoms with Gasteiger partial charge in [-0.1, -0.05) is 30.7 Å². The SMILES string of the molecule is Cc1ccccc1[C@@H](C)NCC1CC2CCC1C2. The van der Waals surface area contributed by atoms with Crippen LogP contribution in [0.4, 0.5) is 0 Å². The monoisotopic (exact) mass is 243 g/mol. The molecule has 2 bridgehead atoms. The molecule has 0 aromatic heterocycles. The average Bonchev–Trinajstić information content (AvgIpc) is 2.98. The minimum atomic E-state index is 0.491. The molecule has 98 valence electrons. The summed E-state index contributed by atoms with van der Waals surface area (Å²) in [5, 5.41) is 3.77. The van der Waals surface area contributed by atoms with Gasteiger partial charge in [-0.05, 0) is 68.5 Å². The molecule has 0 radical (unpaired) electrons. The maximum Gasteiger partial charge on any atom is 0.0294 e. The molecule has 2 aliphatic carbocycles. The fraction of sp³-hybridized carbons (Fsp3) is 0.647. The summed E-state index contributed by atoms with van der Waals surface area (Å²) in [5.74, 6) is 3.05. The molecule has 1 N–H and O–H groups in total. The molecule has 0 heterocycles. The summed E-state index contributed by atoms with van der Waals surface area (Å²) in [6.45, 7) is 5.73. The summed E-state index contributed by atoms with van der Waals surface area (Å²) in [7, 11) is 0. The van der Waals surface area contributed by atoms with Crippen molar-refractivity contribution >= 4 is 0 Å². The quantitative estimate of drug-likeness (QED) is 0.840. The van der Waals surface area contributed by atoms with E-state index in [1.165, 1.54) is 43.4 Å². The lowest BCUT2D eigenvalue weighted by atomic mass is 9.88. The molecule has 0 saturated heterocycles. The molecule has 1 heteroatoms. The van der Waals surface area contributed by atoms with Crippen LogP contribution in [0.2, 0.25) is 0 Å². The van der Waals surface area contributed by atoms with Crippen LogP contribution in [-0.2, 0) is 0 Å². The third-order valence-corrected chi connectivity index (χ3v) is 5.23. The number of rotatable bonds is 4. The van der Waals surface area contributed by atoms with E-state index in [0.717, 1.165) is 17.8 Å². The second kappa shape index (κ2) is 5.05. The van der Waals surface area contributed by atoms with E-state index in [-0.39, 0.29) is 0 Å². The first-order valence-corrected chi connectivity index (χ1v) is 7.53. The number of fused-ring (bicyclic) bond motifs is 2. The first kappa shape index (κ1) is 12.2. The van der Waals surface area contributed by atoms with Crippen molar-refractivity contribution in [1.82, 2.24) is 5.32 Å². The predicted molar refractivity (Wildman–Crippen MR) is 76.5 cm³/mol. The van der Waals surface area contributed by atoms with Gasteiger partial charge in [0.15, 0.2) is 0 Å². The highest BCUT2D eigenvalue weighted by Crippen LogP contribution is 2.48. The molecule has 2 aliphatic rings. The van der Waals surface area contributed by atoms with E-state index in [4.69, 9.17) is 0 Å². The van der Waals surface area contributed by atoms with Gasteiger partial charge in [-0.25, -0.2) is 0 Å². The van der Waals surface area contributed by atoms with Crippen molar-refractivity contribution in [3.63, 3.8) is 0 Å². The Kier molecular flexibility index (Phi) is 3.43. The third-order valence-electron chi connectivity index (χ3n) is 5.23. The average molecular weight is 243 g/mol. The molecular formula is C17H25N. The molecule has 3 rings (SSSR count). The molecule has 2 saturated carbocycles. The summed E-state index contributed by atoms with van der Waals surface area (Å²) in [6.07, 6.45) is 6.01. The summed E-state index contributed by atoms with van der Waals surface area (Å²) >= 11 is 0. The highest BCUT2D eigenvalue weighted by atomic mass is 14.9. The Morgan fingerprint density at radius 1 is 1.22 bits per heavy atom. The zero-order chi connectivity index (χ0) is 12.5. The van der Waals surface area contributed by atoms with Gasteiger partial charge in [-0.3, -0.25) is 0 Å². The van der Waals surface area contributed by atoms with Crippen molar-refractivity contribution in [3.05, 3.63) is 35.4 Å². The van der Waals surface area contributed by atoms with Gasteiger partial charge in [0.05, 0.1) is 0 Å². The standard InChI is InChI=1S/C17H25N/c1-12-5-3-4-6-17(12)13(2)18-11-16-10-14-7-8-15(16)9-14/h3-6,13-16,18H,7-11H2,1-2H3/t13-,14?,15?,16?/m1/s1. The number of benzene rings is 1. The Hall–Kier alpha value is -0.820. The van der Waals surface area contributed by atoms with Crippen LogP contribution in [-0.4, -0.2) is 6.54 Å². The largest absolute Gasteiger partial charge is 0.310 e. The minimum Gasteiger partial charge on any atom is -0.310 e. The van der Waals surface area contributed by atoms with Gasteiger partial charge >= 0.3 is 0 Å². The molecule has 0 spiro atoms. The molecule has 0 aliphatic heterocycles. The van der Waals surface area contributed by atoms with Gasteiger partial charge < -0.3 is 5.32 Å². The van der Waals surface area contributed by atoms with Crippen LogP contribution in [0.25, 0.3) is 0 Å². The topological polar surface area (TPSA) is 12.0 Å². The Morgan fingerprint density at radius 3 is 2.72 bits per heavy atom. The molecular weight excluding hydrogens is 218 g/mol. The highest BCUT2D eigenvalue weighted by Gasteiger charge is 2.39. The van der Waals surface area contributed by atoms with Crippen LogP contribution < -0.4 is 5.32 Å². The van der Waals surface area contributed by atoms with Crippen LogP contribution in [0.5, 0.6) is 0 Å². The lowest BCUT2D eigenvalue weighted by Gasteiger charge is -2.25. The summed E-state index contributed by atoms with van der Waals surface area (Å²) in [5.41, 5.74) is 2.87. The van der Waals surface area contributed by atoms with Gasteiger partial charge in [0.25, 0.3) is 0 Å². The molecule has 1 nitrogen and oxygen atoms in total. The lowest BCUT2D eigenvalue weighted by molar-refractivity contribution is 0.309. The van der Waals surface area contributed by atoms with Crippen molar-refractivity contribution in [2.24, 2.45) is 17.8 Å². The fourth-order valence-electron chi connectivity index (χ4n) is 4.14. The Bertz CT molecular complexity index is 412. The highest BCUT2D eigenvalue weighted by molar-refractivity contribution is 5.28. The Labute approximate surface area is 111 Å². The molecule has 18 heavy (non-hydrogen) atoms. The number of nitrogens with one attached hydrogen (secondary N) is 1. The maximum absolute atomic E-state index is 3.77. The van der Waals surface area contributed by atoms with E-state index in [1.54, 1.807) is 0 Å². The van der Waals surface area contributed by atoms with Crippen LogP contribution in [0, 0.1) is 24.7 Å². The fourth-order valence-corrected chi connectivity index (χ4v) is 4.14. The van der Waals surface area contributed by atoms with Crippen molar-refractivity contribution in [2.45, 2.75) is 45.6 Å². The van der Waals surface area contributed by atoms with Crippen LogP contribution in [0.3, 0.4) is 0 Å². The van der Waals surface area contributed by atoms with E-state index < -0.39 is 0 Å². The minimum absolute atomic E-state index is 0.491. The van der Waals surface area contributed by atoms with Gasteiger partial charge in [0.2, 0.25) is 0 Å². The molecule has 0 amide bonds. The predicted octanol–water partition coefficient (Wildman–Crippen LogP) is 4.08. The second-order valence-electron chi connectivity index (χ2n) is 6.42. The molecule has 4 atom stereocenters. The zero-order valence-corrected chi connectivity index (χ0v) is 11.7.